The molecule has 3 aromatic rings. The van der Waals surface area contributed by atoms with Crippen LogP contribution in [-0.4, -0.2) is 57.7 Å². The monoisotopic (exact) mass is 464 g/mol. The number of benzene rings is 1. The first-order chi connectivity index (χ1) is 16.1. The molecule has 1 aliphatic carbocycles. The molecule has 1 aromatic carbocycles. The van der Waals surface area contributed by atoms with Gasteiger partial charge in [-0.3, -0.25) is 0 Å². The Bertz CT molecular complexity index is 1190. The van der Waals surface area contributed by atoms with E-state index in [1.807, 2.05) is 47.6 Å². The summed E-state index contributed by atoms with van der Waals surface area (Å²) < 4.78 is 13.6. The quantitative estimate of drug-likeness (QED) is 0.604. The molecule has 1 saturated carbocycles. The van der Waals surface area contributed by atoms with Crippen molar-refractivity contribution in [3.8, 4) is 11.4 Å². The van der Waals surface area contributed by atoms with Gasteiger partial charge in [0.1, 0.15) is 11.6 Å². The lowest BCUT2D eigenvalue weighted by atomic mass is 9.81. The number of aryl methyl sites for hydroxylation is 1. The van der Waals surface area contributed by atoms with Crippen molar-refractivity contribution in [1.29, 1.82) is 0 Å². The lowest BCUT2D eigenvalue weighted by Gasteiger charge is -2.37. The van der Waals surface area contributed by atoms with Crippen molar-refractivity contribution in [3.63, 3.8) is 0 Å². The number of methoxy groups -OCH3 is 1. The Morgan fingerprint density at radius 1 is 1.18 bits per heavy atom. The highest BCUT2D eigenvalue weighted by Gasteiger charge is 2.46. The Labute approximate surface area is 197 Å². The van der Waals surface area contributed by atoms with Crippen molar-refractivity contribution in [2.24, 2.45) is 0 Å². The molecule has 2 aromatic heterocycles. The number of hydrogen-bond acceptors (Lipinski definition) is 8. The summed E-state index contributed by atoms with van der Waals surface area (Å²) >= 11 is 2.00. The number of anilines is 3. The molecule has 0 radical (unpaired) electrons. The fraction of sp³-hybridized carbons (Fsp3) is 0.458. The average Bonchev–Trinajstić information content (AvgIpc) is 3.43. The molecule has 9 heteroatoms. The molecule has 33 heavy (non-hydrogen) atoms. The molecule has 2 fully saturated rings. The molecule has 0 atom stereocenters. The zero-order chi connectivity index (χ0) is 22.4. The lowest BCUT2D eigenvalue weighted by Crippen LogP contribution is -2.37. The number of aromatic nitrogens is 4. The molecule has 0 bridgehead atoms. The summed E-state index contributed by atoms with van der Waals surface area (Å²) in [5, 5.41) is 3.44. The van der Waals surface area contributed by atoms with Crippen LogP contribution in [-0.2, 0) is 11.2 Å². The number of ether oxygens (including phenoxy) is 2. The topological polar surface area (TPSA) is 77.3 Å². The Balaban J connectivity index is 1.33. The van der Waals surface area contributed by atoms with E-state index in [2.05, 4.69) is 15.2 Å². The van der Waals surface area contributed by atoms with Crippen LogP contribution in [0.2, 0.25) is 0 Å². The molecule has 1 spiro atoms. The molecule has 6 rings (SSSR count). The number of morpholine rings is 1. The van der Waals surface area contributed by atoms with E-state index < -0.39 is 0 Å². The van der Waals surface area contributed by atoms with Crippen molar-refractivity contribution in [2.45, 2.75) is 42.2 Å². The molecule has 172 valence electrons. The number of thioether (sulfide) groups is 1. The Morgan fingerprint density at radius 3 is 2.73 bits per heavy atom. The van der Waals surface area contributed by atoms with E-state index >= 15 is 0 Å². The number of nitrogens with one attached hydrogen (secondary N) is 1. The van der Waals surface area contributed by atoms with Crippen LogP contribution < -0.4 is 15.0 Å². The van der Waals surface area contributed by atoms with Crippen LogP contribution in [0.15, 0.2) is 35.6 Å². The molecular weight excluding hydrogens is 436 g/mol. The summed E-state index contributed by atoms with van der Waals surface area (Å²) in [6, 6.07) is 6.04. The minimum absolute atomic E-state index is 0.338. The van der Waals surface area contributed by atoms with Gasteiger partial charge in [-0.1, -0.05) is 6.42 Å². The average molecular weight is 465 g/mol. The van der Waals surface area contributed by atoms with Crippen molar-refractivity contribution < 1.29 is 9.47 Å². The minimum atomic E-state index is 0.338. The lowest BCUT2D eigenvalue weighted by molar-refractivity contribution is 0.122. The van der Waals surface area contributed by atoms with E-state index in [1.165, 1.54) is 29.9 Å². The first-order valence-corrected chi connectivity index (χ1v) is 12.3. The molecule has 0 amide bonds. The molecule has 8 nitrogen and oxygen atoms in total. The van der Waals surface area contributed by atoms with Gasteiger partial charge in [0, 0.05) is 42.2 Å². The summed E-state index contributed by atoms with van der Waals surface area (Å²) in [6.45, 7) is 5.18. The summed E-state index contributed by atoms with van der Waals surface area (Å²) in [5.74, 6) is 2.45. The van der Waals surface area contributed by atoms with Crippen LogP contribution in [0.1, 0.15) is 30.7 Å². The SMILES string of the molecule is COc1cc(Nc2nc3c(c(N4CCOCC4)n2)SC2(CCC2)C3)ccc1-n1cnc(C)c1. The van der Waals surface area contributed by atoms with Crippen LogP contribution in [0.5, 0.6) is 5.75 Å². The van der Waals surface area contributed by atoms with E-state index in [-0.39, 0.29) is 0 Å². The van der Waals surface area contributed by atoms with E-state index in [4.69, 9.17) is 19.4 Å². The van der Waals surface area contributed by atoms with Crippen LogP contribution in [0.25, 0.3) is 5.69 Å². The van der Waals surface area contributed by atoms with Crippen LogP contribution >= 0.6 is 11.8 Å². The van der Waals surface area contributed by atoms with Gasteiger partial charge in [0.2, 0.25) is 5.95 Å². The fourth-order valence-electron chi connectivity index (χ4n) is 4.81. The highest BCUT2D eigenvalue weighted by atomic mass is 32.2. The molecule has 1 saturated heterocycles. The Hall–Kier alpha value is -2.78. The zero-order valence-electron chi connectivity index (χ0n) is 19.0. The van der Waals surface area contributed by atoms with Gasteiger partial charge in [0.15, 0.2) is 0 Å². The zero-order valence-corrected chi connectivity index (χ0v) is 19.8. The van der Waals surface area contributed by atoms with Crippen molar-refractivity contribution in [2.75, 3.05) is 43.6 Å². The number of fused-ring (bicyclic) bond motifs is 1. The Morgan fingerprint density at radius 2 is 2.03 bits per heavy atom. The van der Waals surface area contributed by atoms with Gasteiger partial charge in [-0.05, 0) is 31.9 Å². The van der Waals surface area contributed by atoms with Gasteiger partial charge in [-0.2, -0.15) is 4.98 Å². The van der Waals surface area contributed by atoms with E-state index in [0.29, 0.717) is 10.7 Å². The van der Waals surface area contributed by atoms with E-state index in [9.17, 15) is 0 Å². The van der Waals surface area contributed by atoms with Gasteiger partial charge in [-0.25, -0.2) is 9.97 Å². The fourth-order valence-corrected chi connectivity index (χ4v) is 6.45. The van der Waals surface area contributed by atoms with E-state index in [1.54, 1.807) is 13.4 Å². The highest BCUT2D eigenvalue weighted by molar-refractivity contribution is 8.01. The predicted octanol–water partition coefficient (Wildman–Crippen LogP) is 4.13. The minimum Gasteiger partial charge on any atom is -0.494 e. The Kier molecular flexibility index (Phi) is 5.18. The second-order valence-corrected chi connectivity index (χ2v) is 10.5. The van der Waals surface area contributed by atoms with Crippen LogP contribution in [0.4, 0.5) is 17.5 Å². The first-order valence-electron chi connectivity index (χ1n) is 11.5. The molecule has 0 unspecified atom stereocenters. The highest BCUT2D eigenvalue weighted by Crippen LogP contribution is 2.57. The van der Waals surface area contributed by atoms with Crippen molar-refractivity contribution in [1.82, 2.24) is 19.5 Å². The maximum absolute atomic E-state index is 5.67. The summed E-state index contributed by atoms with van der Waals surface area (Å²) in [5.41, 5.74) is 3.97. The smallest absolute Gasteiger partial charge is 0.229 e. The number of imidazole rings is 1. The maximum Gasteiger partial charge on any atom is 0.229 e. The van der Waals surface area contributed by atoms with Crippen molar-refractivity contribution >= 4 is 29.2 Å². The van der Waals surface area contributed by atoms with Crippen LogP contribution in [0, 0.1) is 6.92 Å². The third-order valence-electron chi connectivity index (χ3n) is 6.73. The summed E-state index contributed by atoms with van der Waals surface area (Å²) in [7, 11) is 1.68. The summed E-state index contributed by atoms with van der Waals surface area (Å²) in [4.78, 5) is 17.9. The normalized spacial score (nSPS) is 18.8. The van der Waals surface area contributed by atoms with Crippen LogP contribution in [0.3, 0.4) is 0 Å². The summed E-state index contributed by atoms with van der Waals surface area (Å²) in [6.07, 6.45) is 8.67. The van der Waals surface area contributed by atoms with Gasteiger partial charge in [0.25, 0.3) is 0 Å². The van der Waals surface area contributed by atoms with Gasteiger partial charge in [0.05, 0.1) is 48.6 Å². The number of nitrogens with zero attached hydrogens (tertiary/aromatic N) is 5. The molecule has 4 heterocycles. The van der Waals surface area contributed by atoms with Gasteiger partial charge in [-0.15, -0.1) is 11.8 Å². The van der Waals surface area contributed by atoms with E-state index in [0.717, 1.165) is 61.4 Å². The standard InChI is InChI=1S/C24H28N6O2S/c1-16-14-30(15-25-16)19-5-4-17(12-20(19)31-2)26-23-27-18-13-24(6-3-7-24)33-21(18)22(28-23)29-8-10-32-11-9-29/h4-5,12,14-15H,3,6-11,13H2,1-2H3,(H,26,27,28). The molecule has 2 aliphatic heterocycles. The molecular formula is C24H28N6O2S. The third kappa shape index (κ3) is 3.83. The van der Waals surface area contributed by atoms with Gasteiger partial charge < -0.3 is 24.3 Å². The first kappa shape index (κ1) is 20.8. The molecule has 1 N–H and O–H groups in total. The third-order valence-corrected chi connectivity index (χ3v) is 8.34. The number of hydrogen-bond donors (Lipinski definition) is 1. The second kappa shape index (κ2) is 8.22. The van der Waals surface area contributed by atoms with Crippen molar-refractivity contribution in [3.05, 3.63) is 42.1 Å². The molecule has 3 aliphatic rings. The second-order valence-electron chi connectivity index (χ2n) is 9.00. The largest absolute Gasteiger partial charge is 0.494 e. The number of rotatable bonds is 5. The predicted molar refractivity (Wildman–Crippen MR) is 129 cm³/mol. The maximum atomic E-state index is 5.67. The van der Waals surface area contributed by atoms with Gasteiger partial charge >= 0.3 is 0 Å².